The topological polar surface area (TPSA) is 63.1 Å². The van der Waals surface area contributed by atoms with E-state index in [1.54, 1.807) is 9.56 Å². The lowest BCUT2D eigenvalue weighted by Gasteiger charge is -2.32. The van der Waals surface area contributed by atoms with E-state index in [-0.39, 0.29) is 11.9 Å². The predicted molar refractivity (Wildman–Crippen MR) is 132 cm³/mol. The van der Waals surface area contributed by atoms with E-state index in [9.17, 15) is 4.79 Å². The van der Waals surface area contributed by atoms with Crippen molar-refractivity contribution in [3.05, 3.63) is 45.5 Å². The van der Waals surface area contributed by atoms with Crippen LogP contribution in [-0.2, 0) is 20.0 Å². The van der Waals surface area contributed by atoms with E-state index in [2.05, 4.69) is 15.3 Å². The number of amides is 1. The van der Waals surface area contributed by atoms with Crippen molar-refractivity contribution >= 4 is 28.1 Å². The zero-order valence-corrected chi connectivity index (χ0v) is 20.2. The van der Waals surface area contributed by atoms with Gasteiger partial charge in [-0.3, -0.25) is 14.4 Å². The summed E-state index contributed by atoms with van der Waals surface area (Å²) < 4.78 is 1.77. The number of nitrogens with zero attached hydrogens (tertiary/aromatic N) is 4. The first-order valence-electron chi connectivity index (χ1n) is 12.6. The summed E-state index contributed by atoms with van der Waals surface area (Å²) in [7, 11) is 1.90. The maximum Gasteiger partial charge on any atom is 0.252 e. The van der Waals surface area contributed by atoms with E-state index in [1.165, 1.54) is 62.3 Å². The molecule has 174 valence electrons. The van der Waals surface area contributed by atoms with Crippen LogP contribution in [0.3, 0.4) is 0 Å². The molecule has 1 N–H and O–H groups in total. The van der Waals surface area contributed by atoms with Crippen molar-refractivity contribution in [2.75, 3.05) is 13.1 Å². The summed E-state index contributed by atoms with van der Waals surface area (Å²) in [5, 5.41) is 10.1. The molecule has 2 saturated carbocycles. The molecule has 2 aromatic heterocycles. The second kappa shape index (κ2) is 8.84. The molecule has 33 heavy (non-hydrogen) atoms. The number of nitrogens with one attached hydrogen (secondary N) is 1. The lowest BCUT2D eigenvalue weighted by molar-refractivity contribution is 0.0921. The van der Waals surface area contributed by atoms with Gasteiger partial charge in [-0.15, -0.1) is 11.3 Å². The normalized spacial score (nSPS) is 23.5. The zero-order chi connectivity index (χ0) is 22.4. The average Bonchev–Trinajstić information content (AvgIpc) is 3.47. The molecule has 6 nitrogen and oxygen atoms in total. The quantitative estimate of drug-likeness (QED) is 0.578. The van der Waals surface area contributed by atoms with Gasteiger partial charge in [-0.2, -0.15) is 5.10 Å². The average molecular weight is 464 g/mol. The third-order valence-corrected chi connectivity index (χ3v) is 9.01. The molecule has 1 amide bonds. The molecule has 7 heteroatoms. The molecule has 3 aromatic rings. The Hall–Kier alpha value is -2.25. The number of carbonyl (C=O) groups is 1. The Kier molecular flexibility index (Phi) is 5.70. The van der Waals surface area contributed by atoms with Crippen LogP contribution in [0.5, 0.6) is 0 Å². The fourth-order valence-corrected chi connectivity index (χ4v) is 6.78. The van der Waals surface area contributed by atoms with E-state index in [0.29, 0.717) is 0 Å². The van der Waals surface area contributed by atoms with E-state index in [0.717, 1.165) is 47.7 Å². The number of fused-ring (bicyclic) bond motifs is 2. The molecular weight excluding hydrogens is 430 g/mol. The predicted octanol–water partition coefficient (Wildman–Crippen LogP) is 4.64. The minimum absolute atomic E-state index is 0.0370. The molecule has 0 spiro atoms. The Labute approximate surface area is 199 Å². The van der Waals surface area contributed by atoms with Crippen LogP contribution in [0.2, 0.25) is 0 Å². The van der Waals surface area contributed by atoms with Crippen LogP contribution in [0.25, 0.3) is 10.9 Å². The van der Waals surface area contributed by atoms with Crippen molar-refractivity contribution in [2.45, 2.75) is 69.9 Å². The van der Waals surface area contributed by atoms with E-state index < -0.39 is 0 Å². The van der Waals surface area contributed by atoms with Gasteiger partial charge in [0.15, 0.2) is 0 Å². The molecule has 0 radical (unpaired) electrons. The molecule has 3 heterocycles. The first kappa shape index (κ1) is 21.3. The van der Waals surface area contributed by atoms with Gasteiger partial charge in [0, 0.05) is 48.6 Å². The van der Waals surface area contributed by atoms with Crippen LogP contribution in [0.4, 0.5) is 0 Å². The van der Waals surface area contributed by atoms with Crippen LogP contribution in [0.1, 0.15) is 76.8 Å². The van der Waals surface area contributed by atoms with Gasteiger partial charge in [-0.05, 0) is 76.0 Å². The van der Waals surface area contributed by atoms with E-state index >= 15 is 0 Å². The summed E-state index contributed by atoms with van der Waals surface area (Å²) in [5.41, 5.74) is 2.97. The SMILES string of the molecule is Cn1cc2c(C(=O)NC3CCC(CCN4CCc5sc(C6CC6)nc5C4)CC3)cccc2n1. The van der Waals surface area contributed by atoms with Crippen molar-refractivity contribution in [3.8, 4) is 0 Å². The molecule has 0 bridgehead atoms. The number of hydrogen-bond donors (Lipinski definition) is 1. The van der Waals surface area contributed by atoms with Gasteiger partial charge in [0.2, 0.25) is 0 Å². The minimum atomic E-state index is 0.0370. The zero-order valence-electron chi connectivity index (χ0n) is 19.4. The maximum absolute atomic E-state index is 12.9. The molecule has 2 aliphatic carbocycles. The van der Waals surface area contributed by atoms with Crippen molar-refractivity contribution in [1.29, 1.82) is 0 Å². The van der Waals surface area contributed by atoms with Gasteiger partial charge >= 0.3 is 0 Å². The largest absolute Gasteiger partial charge is 0.349 e. The summed E-state index contributed by atoms with van der Waals surface area (Å²) >= 11 is 1.98. The number of aromatic nitrogens is 3. The third kappa shape index (κ3) is 4.58. The Balaban J connectivity index is 0.974. The Morgan fingerprint density at radius 1 is 1.18 bits per heavy atom. The number of carbonyl (C=O) groups excluding carboxylic acids is 1. The Morgan fingerprint density at radius 2 is 2.03 bits per heavy atom. The van der Waals surface area contributed by atoms with Crippen LogP contribution in [-0.4, -0.2) is 44.7 Å². The molecule has 0 saturated heterocycles. The molecule has 1 aliphatic heterocycles. The lowest BCUT2D eigenvalue weighted by atomic mass is 9.84. The van der Waals surface area contributed by atoms with Gasteiger partial charge in [-0.25, -0.2) is 4.98 Å². The highest BCUT2D eigenvalue weighted by atomic mass is 32.1. The smallest absolute Gasteiger partial charge is 0.252 e. The number of hydrogen-bond acceptors (Lipinski definition) is 5. The summed E-state index contributed by atoms with van der Waals surface area (Å²) in [6.07, 6.45) is 11.7. The Morgan fingerprint density at radius 3 is 2.85 bits per heavy atom. The summed E-state index contributed by atoms with van der Waals surface area (Å²) in [4.78, 5) is 22.1. The first-order chi connectivity index (χ1) is 16.1. The molecule has 3 aliphatic rings. The third-order valence-electron chi connectivity index (χ3n) is 7.69. The van der Waals surface area contributed by atoms with Gasteiger partial charge in [-0.1, -0.05) is 6.07 Å². The number of rotatable bonds is 6. The second-order valence-corrected chi connectivity index (χ2v) is 11.4. The van der Waals surface area contributed by atoms with Crippen LogP contribution in [0.15, 0.2) is 24.4 Å². The van der Waals surface area contributed by atoms with Crippen molar-refractivity contribution in [1.82, 2.24) is 25.0 Å². The summed E-state index contributed by atoms with van der Waals surface area (Å²) in [6.45, 7) is 3.41. The highest BCUT2D eigenvalue weighted by Gasteiger charge is 2.30. The first-order valence-corrected chi connectivity index (χ1v) is 13.4. The van der Waals surface area contributed by atoms with Crippen LogP contribution < -0.4 is 5.32 Å². The highest BCUT2D eigenvalue weighted by molar-refractivity contribution is 7.11. The van der Waals surface area contributed by atoms with Crippen molar-refractivity contribution in [2.24, 2.45) is 13.0 Å². The Bertz CT molecular complexity index is 1150. The standard InChI is InChI=1S/C26H33N5OS/c1-30-15-21-20(3-2-4-22(21)29-30)25(32)27-19-9-5-17(6-10-19)11-13-31-14-12-24-23(16-31)28-26(33-24)18-7-8-18/h2-4,15,17-19H,5-14,16H2,1H3,(H,27,32). The fourth-order valence-electron chi connectivity index (χ4n) is 5.55. The molecule has 0 unspecified atom stereocenters. The lowest BCUT2D eigenvalue weighted by Crippen LogP contribution is -2.38. The molecule has 2 fully saturated rings. The summed E-state index contributed by atoms with van der Waals surface area (Å²) in [5.74, 6) is 1.59. The van der Waals surface area contributed by atoms with Gasteiger partial charge in [0.05, 0.1) is 21.8 Å². The highest BCUT2D eigenvalue weighted by Crippen LogP contribution is 2.43. The van der Waals surface area contributed by atoms with Crippen molar-refractivity contribution < 1.29 is 4.79 Å². The fraction of sp³-hybridized carbons (Fsp3) is 0.577. The molecule has 0 atom stereocenters. The number of thiazole rings is 1. The minimum Gasteiger partial charge on any atom is -0.349 e. The maximum atomic E-state index is 12.9. The molecular formula is C26H33N5OS. The summed E-state index contributed by atoms with van der Waals surface area (Å²) in [6, 6.07) is 6.07. The van der Waals surface area contributed by atoms with Crippen LogP contribution >= 0.6 is 11.3 Å². The number of benzene rings is 1. The van der Waals surface area contributed by atoms with E-state index in [1.807, 2.05) is 42.8 Å². The van der Waals surface area contributed by atoms with Gasteiger partial charge in [0.1, 0.15) is 0 Å². The van der Waals surface area contributed by atoms with Crippen molar-refractivity contribution in [3.63, 3.8) is 0 Å². The van der Waals surface area contributed by atoms with Crippen LogP contribution in [0, 0.1) is 5.92 Å². The van der Waals surface area contributed by atoms with E-state index in [4.69, 9.17) is 4.98 Å². The molecule has 6 rings (SSSR count). The molecule has 1 aromatic carbocycles. The second-order valence-electron chi connectivity index (χ2n) is 10.2. The van der Waals surface area contributed by atoms with Gasteiger partial charge in [0.25, 0.3) is 5.91 Å². The number of aryl methyl sites for hydroxylation is 1. The van der Waals surface area contributed by atoms with Gasteiger partial charge < -0.3 is 5.32 Å². The monoisotopic (exact) mass is 463 g/mol.